The predicted molar refractivity (Wildman–Crippen MR) is 90.2 cm³/mol. The molecule has 1 aliphatic rings. The van der Waals surface area contributed by atoms with Crippen molar-refractivity contribution in [3.8, 4) is 0 Å². The standard InChI is InChI=1S/C18H38N2/c1-7-15-13-11-12-14-16(15)17(19-10-4)18(8-2,9-3)20(5)6/h15-17,19H,7-14H2,1-6H3. The maximum atomic E-state index is 3.90. The lowest BCUT2D eigenvalue weighted by molar-refractivity contribution is 0.0281. The van der Waals surface area contributed by atoms with Gasteiger partial charge in [0, 0.05) is 11.6 Å². The largest absolute Gasteiger partial charge is 0.312 e. The number of hydrogen-bond donors (Lipinski definition) is 1. The second-order valence-corrected chi connectivity index (χ2v) is 6.86. The fourth-order valence-electron chi connectivity index (χ4n) is 4.74. The number of nitrogens with zero attached hydrogens (tertiary/aromatic N) is 1. The monoisotopic (exact) mass is 282 g/mol. The van der Waals surface area contributed by atoms with E-state index in [4.69, 9.17) is 0 Å². The Morgan fingerprint density at radius 2 is 1.65 bits per heavy atom. The molecule has 3 atom stereocenters. The minimum absolute atomic E-state index is 0.311. The Hall–Kier alpha value is -0.0800. The zero-order valence-electron chi connectivity index (χ0n) is 14.8. The molecule has 3 unspecified atom stereocenters. The Labute approximate surface area is 127 Å². The first kappa shape index (κ1) is 18.0. The Balaban J connectivity index is 3.06. The quantitative estimate of drug-likeness (QED) is 0.714. The summed E-state index contributed by atoms with van der Waals surface area (Å²) in [4.78, 5) is 2.50. The summed E-state index contributed by atoms with van der Waals surface area (Å²) in [6.45, 7) is 10.5. The van der Waals surface area contributed by atoms with Crippen LogP contribution in [0.4, 0.5) is 0 Å². The van der Waals surface area contributed by atoms with E-state index in [-0.39, 0.29) is 0 Å². The minimum atomic E-state index is 0.311. The summed E-state index contributed by atoms with van der Waals surface area (Å²) < 4.78 is 0. The van der Waals surface area contributed by atoms with Crippen molar-refractivity contribution < 1.29 is 0 Å². The van der Waals surface area contributed by atoms with Gasteiger partial charge in [-0.2, -0.15) is 0 Å². The molecule has 2 heteroatoms. The van der Waals surface area contributed by atoms with Gasteiger partial charge in [0.15, 0.2) is 0 Å². The molecule has 2 nitrogen and oxygen atoms in total. The third-order valence-corrected chi connectivity index (χ3v) is 6.04. The van der Waals surface area contributed by atoms with Gasteiger partial charge in [-0.25, -0.2) is 0 Å². The lowest BCUT2D eigenvalue weighted by Gasteiger charge is -2.51. The SMILES string of the molecule is CCNC(C1CCCCC1CC)C(CC)(CC)N(C)C. The molecule has 0 heterocycles. The van der Waals surface area contributed by atoms with Gasteiger partial charge in [-0.05, 0) is 51.7 Å². The van der Waals surface area contributed by atoms with Crippen LogP contribution in [-0.4, -0.2) is 37.1 Å². The zero-order valence-corrected chi connectivity index (χ0v) is 14.8. The fraction of sp³-hybridized carbons (Fsp3) is 1.00. The summed E-state index contributed by atoms with van der Waals surface area (Å²) in [6.07, 6.45) is 9.57. The van der Waals surface area contributed by atoms with E-state index in [0.717, 1.165) is 18.4 Å². The van der Waals surface area contributed by atoms with Crippen LogP contribution in [0.15, 0.2) is 0 Å². The molecule has 0 saturated heterocycles. The third-order valence-electron chi connectivity index (χ3n) is 6.04. The van der Waals surface area contributed by atoms with Crippen LogP contribution in [0.3, 0.4) is 0 Å². The molecular formula is C18H38N2. The highest BCUT2D eigenvalue weighted by atomic mass is 15.2. The van der Waals surface area contributed by atoms with Gasteiger partial charge < -0.3 is 10.2 Å². The van der Waals surface area contributed by atoms with Crippen LogP contribution in [-0.2, 0) is 0 Å². The molecule has 0 amide bonds. The van der Waals surface area contributed by atoms with Crippen LogP contribution >= 0.6 is 0 Å². The summed E-state index contributed by atoms with van der Waals surface area (Å²) in [6, 6.07) is 0.641. The Morgan fingerprint density at radius 3 is 2.10 bits per heavy atom. The summed E-state index contributed by atoms with van der Waals surface area (Å²) in [5, 5.41) is 3.90. The molecule has 1 saturated carbocycles. The van der Waals surface area contributed by atoms with Gasteiger partial charge in [-0.1, -0.05) is 53.4 Å². The van der Waals surface area contributed by atoms with E-state index >= 15 is 0 Å². The molecule has 0 aromatic carbocycles. The van der Waals surface area contributed by atoms with Crippen LogP contribution < -0.4 is 5.32 Å². The van der Waals surface area contributed by atoms with Crippen molar-refractivity contribution in [2.75, 3.05) is 20.6 Å². The van der Waals surface area contributed by atoms with Gasteiger partial charge in [-0.15, -0.1) is 0 Å². The number of nitrogens with one attached hydrogen (secondary N) is 1. The topological polar surface area (TPSA) is 15.3 Å². The van der Waals surface area contributed by atoms with E-state index in [1.165, 1.54) is 44.9 Å². The normalized spacial score (nSPS) is 25.9. The van der Waals surface area contributed by atoms with Gasteiger partial charge in [0.25, 0.3) is 0 Å². The van der Waals surface area contributed by atoms with E-state index < -0.39 is 0 Å². The Bertz CT molecular complexity index is 258. The highest BCUT2D eigenvalue weighted by Crippen LogP contribution is 2.41. The maximum absolute atomic E-state index is 3.90. The van der Waals surface area contributed by atoms with Crippen molar-refractivity contribution in [1.82, 2.24) is 10.2 Å². The average Bonchev–Trinajstić information content (AvgIpc) is 2.47. The number of hydrogen-bond acceptors (Lipinski definition) is 2. The number of rotatable bonds is 8. The summed E-state index contributed by atoms with van der Waals surface area (Å²) in [5.41, 5.74) is 0.311. The predicted octanol–water partition coefficient (Wildman–Crippen LogP) is 4.30. The average molecular weight is 283 g/mol. The van der Waals surface area contributed by atoms with Crippen LogP contribution in [0.2, 0.25) is 0 Å². The van der Waals surface area contributed by atoms with E-state index in [9.17, 15) is 0 Å². The van der Waals surface area contributed by atoms with Crippen molar-refractivity contribution in [1.29, 1.82) is 0 Å². The molecule has 0 radical (unpaired) electrons. The molecule has 1 fully saturated rings. The van der Waals surface area contributed by atoms with Gasteiger partial charge in [-0.3, -0.25) is 0 Å². The molecule has 120 valence electrons. The molecule has 0 spiro atoms. The highest BCUT2D eigenvalue weighted by molar-refractivity contribution is 5.02. The highest BCUT2D eigenvalue weighted by Gasteiger charge is 2.44. The second-order valence-electron chi connectivity index (χ2n) is 6.86. The first-order chi connectivity index (χ1) is 9.57. The first-order valence-corrected chi connectivity index (χ1v) is 8.98. The van der Waals surface area contributed by atoms with E-state index in [1.54, 1.807) is 0 Å². The van der Waals surface area contributed by atoms with Gasteiger partial charge in [0.05, 0.1) is 0 Å². The molecular weight excluding hydrogens is 244 g/mol. The molecule has 0 aromatic rings. The van der Waals surface area contributed by atoms with Crippen molar-refractivity contribution >= 4 is 0 Å². The van der Waals surface area contributed by atoms with Crippen LogP contribution in [0.25, 0.3) is 0 Å². The van der Waals surface area contributed by atoms with E-state index in [1.807, 2.05) is 0 Å². The zero-order chi connectivity index (χ0) is 15.2. The summed E-state index contributed by atoms with van der Waals surface area (Å²) in [5.74, 6) is 1.78. The van der Waals surface area contributed by atoms with Gasteiger partial charge >= 0.3 is 0 Å². The third kappa shape index (κ3) is 3.57. The van der Waals surface area contributed by atoms with Crippen LogP contribution in [0, 0.1) is 11.8 Å². The van der Waals surface area contributed by atoms with Crippen molar-refractivity contribution in [3.05, 3.63) is 0 Å². The summed E-state index contributed by atoms with van der Waals surface area (Å²) in [7, 11) is 4.56. The molecule has 20 heavy (non-hydrogen) atoms. The van der Waals surface area contributed by atoms with Gasteiger partial charge in [0.2, 0.25) is 0 Å². The van der Waals surface area contributed by atoms with Crippen molar-refractivity contribution in [2.45, 2.75) is 84.2 Å². The molecule has 1 N–H and O–H groups in total. The molecule has 0 aliphatic heterocycles. The van der Waals surface area contributed by atoms with Crippen molar-refractivity contribution in [2.24, 2.45) is 11.8 Å². The van der Waals surface area contributed by atoms with Gasteiger partial charge in [0.1, 0.15) is 0 Å². The van der Waals surface area contributed by atoms with Crippen molar-refractivity contribution in [3.63, 3.8) is 0 Å². The molecule has 0 bridgehead atoms. The fourth-order valence-corrected chi connectivity index (χ4v) is 4.74. The Kier molecular flexibility index (Phi) is 7.53. The van der Waals surface area contributed by atoms with Crippen LogP contribution in [0.1, 0.15) is 72.6 Å². The van der Waals surface area contributed by atoms with E-state index in [0.29, 0.717) is 11.6 Å². The number of likely N-dealkylation sites (N-methyl/N-ethyl adjacent to an activating group) is 2. The molecule has 0 aromatic heterocycles. The van der Waals surface area contributed by atoms with Crippen LogP contribution in [0.5, 0.6) is 0 Å². The smallest absolute Gasteiger partial charge is 0.0354 e. The first-order valence-electron chi connectivity index (χ1n) is 8.98. The Morgan fingerprint density at radius 1 is 1.05 bits per heavy atom. The molecule has 1 aliphatic carbocycles. The maximum Gasteiger partial charge on any atom is 0.0354 e. The molecule has 1 rings (SSSR count). The minimum Gasteiger partial charge on any atom is -0.312 e. The lowest BCUT2D eigenvalue weighted by Crippen LogP contribution is -2.62. The lowest BCUT2D eigenvalue weighted by atomic mass is 9.66. The second kappa shape index (κ2) is 8.38. The van der Waals surface area contributed by atoms with E-state index in [2.05, 4.69) is 52.0 Å². The summed E-state index contributed by atoms with van der Waals surface area (Å²) >= 11 is 0.